The van der Waals surface area contributed by atoms with Gasteiger partial charge in [0.25, 0.3) is 0 Å². The van der Waals surface area contributed by atoms with Gasteiger partial charge in [-0.2, -0.15) is 0 Å². The standard InChI is InChI=1S/C14H26N4O7/c1-24-5-3-8(12(16)20)18(9(13(17)21)4-6-25-2)10(14(22)23)7-11(15)19/h8-10H,3-7H2,1-2H3,(H2,15,19)(H2,16,20)(H2,17,21)(H,22,23)/t8?,9?,10-/m0/s1. The van der Waals surface area contributed by atoms with Gasteiger partial charge in [0.1, 0.15) is 6.04 Å². The lowest BCUT2D eigenvalue weighted by Crippen LogP contribution is -2.61. The zero-order valence-corrected chi connectivity index (χ0v) is 14.3. The number of nitrogens with zero attached hydrogens (tertiary/aromatic N) is 1. The van der Waals surface area contributed by atoms with Crippen LogP contribution in [-0.2, 0) is 28.7 Å². The highest BCUT2D eigenvalue weighted by Crippen LogP contribution is 2.20. The van der Waals surface area contributed by atoms with E-state index >= 15 is 0 Å². The number of primary amides is 3. The number of methoxy groups -OCH3 is 2. The third-order valence-corrected chi connectivity index (χ3v) is 3.61. The zero-order chi connectivity index (χ0) is 19.6. The summed E-state index contributed by atoms with van der Waals surface area (Å²) in [5, 5.41) is 9.49. The first-order valence-electron chi connectivity index (χ1n) is 7.52. The quantitative estimate of drug-likeness (QED) is 0.258. The Balaban J connectivity index is 6.00. The van der Waals surface area contributed by atoms with Crippen molar-refractivity contribution in [1.29, 1.82) is 0 Å². The fraction of sp³-hybridized carbons (Fsp3) is 0.714. The van der Waals surface area contributed by atoms with Crippen LogP contribution in [0.4, 0.5) is 0 Å². The second-order valence-electron chi connectivity index (χ2n) is 5.37. The van der Waals surface area contributed by atoms with Crippen molar-refractivity contribution in [3.05, 3.63) is 0 Å². The highest BCUT2D eigenvalue weighted by Gasteiger charge is 2.41. The molecule has 25 heavy (non-hydrogen) atoms. The van der Waals surface area contributed by atoms with E-state index in [2.05, 4.69) is 0 Å². The average molecular weight is 362 g/mol. The van der Waals surface area contributed by atoms with Crippen LogP contribution < -0.4 is 17.2 Å². The summed E-state index contributed by atoms with van der Waals surface area (Å²) < 4.78 is 9.80. The second kappa shape index (κ2) is 11.3. The fourth-order valence-electron chi connectivity index (χ4n) is 2.50. The zero-order valence-electron chi connectivity index (χ0n) is 14.3. The largest absolute Gasteiger partial charge is 0.480 e. The van der Waals surface area contributed by atoms with E-state index in [1.807, 2.05) is 0 Å². The molecule has 0 heterocycles. The molecule has 3 amide bonds. The highest BCUT2D eigenvalue weighted by molar-refractivity contribution is 5.88. The Bertz CT molecular complexity index is 460. The minimum absolute atomic E-state index is 0.00510. The highest BCUT2D eigenvalue weighted by atomic mass is 16.5. The van der Waals surface area contributed by atoms with Crippen molar-refractivity contribution in [2.24, 2.45) is 17.2 Å². The average Bonchev–Trinajstić information content (AvgIpc) is 2.50. The number of carboxylic acids is 1. The Hall–Kier alpha value is -2.24. The van der Waals surface area contributed by atoms with E-state index in [0.29, 0.717) is 0 Å². The molecule has 0 aliphatic rings. The third-order valence-electron chi connectivity index (χ3n) is 3.61. The number of hydrogen-bond donors (Lipinski definition) is 4. The number of carboxylic acid groups (broad SMARTS) is 1. The Labute approximate surface area is 145 Å². The predicted molar refractivity (Wildman–Crippen MR) is 86.0 cm³/mol. The summed E-state index contributed by atoms with van der Waals surface area (Å²) in [6, 6.07) is -3.95. The van der Waals surface area contributed by atoms with Crippen molar-refractivity contribution in [3.8, 4) is 0 Å². The molecule has 0 aromatic carbocycles. The van der Waals surface area contributed by atoms with E-state index in [9.17, 15) is 24.3 Å². The molecule has 0 aliphatic heterocycles. The number of rotatable bonds is 14. The first-order valence-corrected chi connectivity index (χ1v) is 7.52. The summed E-state index contributed by atoms with van der Waals surface area (Å²) in [5.74, 6) is -4.11. The van der Waals surface area contributed by atoms with Gasteiger partial charge in [-0.3, -0.25) is 24.1 Å². The van der Waals surface area contributed by atoms with Crippen molar-refractivity contribution < 1.29 is 33.8 Å². The van der Waals surface area contributed by atoms with Gasteiger partial charge >= 0.3 is 5.97 Å². The van der Waals surface area contributed by atoms with Crippen LogP contribution in [0.1, 0.15) is 19.3 Å². The summed E-state index contributed by atoms with van der Waals surface area (Å²) in [5.41, 5.74) is 15.9. The van der Waals surface area contributed by atoms with Gasteiger partial charge in [-0.25, -0.2) is 0 Å². The van der Waals surface area contributed by atoms with Crippen LogP contribution >= 0.6 is 0 Å². The summed E-state index contributed by atoms with van der Waals surface area (Å²) in [6.07, 6.45) is -0.612. The first kappa shape index (κ1) is 22.8. The molecule has 144 valence electrons. The molecule has 0 rings (SSSR count). The van der Waals surface area contributed by atoms with Crippen LogP contribution in [0.5, 0.6) is 0 Å². The predicted octanol–water partition coefficient (Wildman–Crippen LogP) is -2.60. The minimum Gasteiger partial charge on any atom is -0.480 e. The van der Waals surface area contributed by atoms with Gasteiger partial charge in [0, 0.05) is 27.4 Å². The van der Waals surface area contributed by atoms with Crippen LogP contribution in [0, 0.1) is 0 Å². The Kier molecular flexibility index (Phi) is 10.3. The minimum atomic E-state index is -1.55. The lowest BCUT2D eigenvalue weighted by Gasteiger charge is -2.38. The second-order valence-corrected chi connectivity index (χ2v) is 5.37. The van der Waals surface area contributed by atoms with Crippen LogP contribution in [0.3, 0.4) is 0 Å². The van der Waals surface area contributed by atoms with Crippen molar-refractivity contribution >= 4 is 23.7 Å². The van der Waals surface area contributed by atoms with E-state index in [-0.39, 0.29) is 26.1 Å². The molecule has 0 saturated carbocycles. The molecule has 2 unspecified atom stereocenters. The number of amides is 3. The molecular weight excluding hydrogens is 336 g/mol. The smallest absolute Gasteiger partial charge is 0.321 e. The molecule has 0 radical (unpaired) electrons. The van der Waals surface area contributed by atoms with Crippen LogP contribution in [0.2, 0.25) is 0 Å². The fourth-order valence-corrected chi connectivity index (χ4v) is 2.50. The summed E-state index contributed by atoms with van der Waals surface area (Å²) in [7, 11) is 2.77. The Morgan fingerprint density at radius 3 is 1.52 bits per heavy atom. The summed E-state index contributed by atoms with van der Waals surface area (Å²) in [6.45, 7) is 0.144. The molecule has 7 N–H and O–H groups in total. The van der Waals surface area contributed by atoms with Gasteiger partial charge in [0.15, 0.2) is 0 Å². The van der Waals surface area contributed by atoms with Gasteiger partial charge < -0.3 is 31.8 Å². The molecule has 0 fully saturated rings. The van der Waals surface area contributed by atoms with E-state index in [4.69, 9.17) is 26.7 Å². The van der Waals surface area contributed by atoms with Gasteiger partial charge in [-0.1, -0.05) is 0 Å². The van der Waals surface area contributed by atoms with Crippen molar-refractivity contribution in [2.75, 3.05) is 27.4 Å². The Morgan fingerprint density at radius 1 is 0.880 bits per heavy atom. The maximum Gasteiger partial charge on any atom is 0.321 e. The lowest BCUT2D eigenvalue weighted by molar-refractivity contribution is -0.151. The molecule has 0 bridgehead atoms. The summed E-state index contributed by atoms with van der Waals surface area (Å²) >= 11 is 0. The van der Waals surface area contributed by atoms with Crippen molar-refractivity contribution in [3.63, 3.8) is 0 Å². The van der Waals surface area contributed by atoms with E-state index < -0.39 is 48.2 Å². The topological polar surface area (TPSA) is 188 Å². The SMILES string of the molecule is COCCC(C(N)=O)N(C(CCOC)C(N)=O)[C@@H](CC(N)=O)C(=O)O. The van der Waals surface area contributed by atoms with Gasteiger partial charge in [0.05, 0.1) is 18.5 Å². The molecule has 11 heteroatoms. The van der Waals surface area contributed by atoms with Crippen LogP contribution in [-0.4, -0.2) is 79.3 Å². The maximum atomic E-state index is 11.9. The normalized spacial score (nSPS) is 14.7. The van der Waals surface area contributed by atoms with E-state index in [1.54, 1.807) is 0 Å². The molecule has 0 spiro atoms. The monoisotopic (exact) mass is 362 g/mol. The maximum absolute atomic E-state index is 11.9. The van der Waals surface area contributed by atoms with Gasteiger partial charge in [-0.15, -0.1) is 0 Å². The lowest BCUT2D eigenvalue weighted by atomic mass is 9.99. The molecular formula is C14H26N4O7. The number of nitrogens with two attached hydrogens (primary N) is 3. The van der Waals surface area contributed by atoms with Crippen LogP contribution in [0.25, 0.3) is 0 Å². The van der Waals surface area contributed by atoms with E-state index in [0.717, 1.165) is 4.90 Å². The van der Waals surface area contributed by atoms with Crippen molar-refractivity contribution in [2.45, 2.75) is 37.4 Å². The molecule has 0 saturated heterocycles. The number of carbonyl (C=O) groups is 4. The Morgan fingerprint density at radius 2 is 1.28 bits per heavy atom. The summed E-state index contributed by atoms with van der Waals surface area (Å²) in [4.78, 5) is 47.8. The number of aliphatic carboxylic acids is 1. The number of ether oxygens (including phenoxy) is 2. The first-order chi connectivity index (χ1) is 11.7. The number of hydrogen-bond acceptors (Lipinski definition) is 7. The van der Waals surface area contributed by atoms with Gasteiger partial charge in [-0.05, 0) is 12.8 Å². The molecule has 11 nitrogen and oxygen atoms in total. The third kappa shape index (κ3) is 7.45. The number of carbonyl (C=O) groups excluding carboxylic acids is 3. The molecule has 0 aromatic heterocycles. The molecule has 0 aliphatic carbocycles. The van der Waals surface area contributed by atoms with E-state index in [1.165, 1.54) is 14.2 Å². The van der Waals surface area contributed by atoms with Crippen molar-refractivity contribution in [1.82, 2.24) is 4.90 Å². The van der Waals surface area contributed by atoms with Crippen LogP contribution in [0.15, 0.2) is 0 Å². The molecule has 3 atom stereocenters. The molecule has 0 aromatic rings. The van der Waals surface area contributed by atoms with Gasteiger partial charge in [0.2, 0.25) is 17.7 Å².